The van der Waals surface area contributed by atoms with Gasteiger partial charge < -0.3 is 5.32 Å². The van der Waals surface area contributed by atoms with Crippen molar-refractivity contribution in [1.82, 2.24) is 20.1 Å². The molecule has 0 aliphatic heterocycles. The van der Waals surface area contributed by atoms with Crippen LogP contribution >= 0.6 is 0 Å². The van der Waals surface area contributed by atoms with E-state index in [1.807, 2.05) is 14.0 Å². The summed E-state index contributed by atoms with van der Waals surface area (Å²) in [6.45, 7) is 2.75. The monoisotopic (exact) mass is 309 g/mol. The Kier molecular flexibility index (Phi) is 4.71. The van der Waals surface area contributed by atoms with Crippen LogP contribution in [0.5, 0.6) is 0 Å². The van der Waals surface area contributed by atoms with Gasteiger partial charge in [0.1, 0.15) is 6.33 Å². The van der Waals surface area contributed by atoms with Gasteiger partial charge in [-0.15, -0.1) is 0 Å². The van der Waals surface area contributed by atoms with Crippen LogP contribution in [0.25, 0.3) is 0 Å². The lowest BCUT2D eigenvalue weighted by atomic mass is 10.1. The maximum Gasteiger partial charge on any atom is 0.238 e. The highest BCUT2D eigenvalue weighted by Gasteiger charge is 2.10. The summed E-state index contributed by atoms with van der Waals surface area (Å²) in [5, 5.41) is 12.6. The van der Waals surface area contributed by atoms with Gasteiger partial charge in [-0.2, -0.15) is 5.10 Å². The van der Waals surface area contributed by atoms with Crippen molar-refractivity contribution >= 4 is 10.0 Å². The van der Waals surface area contributed by atoms with Crippen molar-refractivity contribution in [2.75, 3.05) is 6.54 Å². The van der Waals surface area contributed by atoms with Gasteiger partial charge in [0.2, 0.25) is 10.0 Å². The normalized spacial score (nSPS) is 13.3. The number of benzene rings is 1. The topological polar surface area (TPSA) is 103 Å². The van der Waals surface area contributed by atoms with Crippen LogP contribution in [0.1, 0.15) is 24.4 Å². The number of sulfonamides is 1. The van der Waals surface area contributed by atoms with E-state index in [9.17, 15) is 8.42 Å². The Balaban J connectivity index is 1.89. The molecular weight excluding hydrogens is 290 g/mol. The summed E-state index contributed by atoms with van der Waals surface area (Å²) in [4.78, 5) is 4.28. The summed E-state index contributed by atoms with van der Waals surface area (Å²) in [7, 11) is -1.80. The van der Waals surface area contributed by atoms with Crippen LogP contribution in [0.15, 0.2) is 35.5 Å². The summed E-state index contributed by atoms with van der Waals surface area (Å²) < 4.78 is 24.1. The molecule has 0 amide bonds. The molecule has 0 bridgehead atoms. The second-order valence-corrected chi connectivity index (χ2v) is 6.44. The molecule has 21 heavy (non-hydrogen) atoms. The number of hydrogen-bond acceptors (Lipinski definition) is 5. The highest BCUT2D eigenvalue weighted by molar-refractivity contribution is 7.89. The molecule has 0 fully saturated rings. The first-order valence-electron chi connectivity index (χ1n) is 6.57. The van der Waals surface area contributed by atoms with E-state index in [-0.39, 0.29) is 10.9 Å². The molecule has 7 nitrogen and oxygen atoms in total. The zero-order valence-electron chi connectivity index (χ0n) is 12.0. The molecule has 1 atom stereocenters. The Bertz CT molecular complexity index is 694. The molecule has 114 valence electrons. The van der Waals surface area contributed by atoms with Crippen molar-refractivity contribution in [1.29, 1.82) is 0 Å². The first-order valence-corrected chi connectivity index (χ1v) is 8.11. The lowest BCUT2D eigenvalue weighted by Gasteiger charge is -2.14. The molecule has 0 radical (unpaired) electrons. The largest absolute Gasteiger partial charge is 0.310 e. The molecule has 3 N–H and O–H groups in total. The van der Waals surface area contributed by atoms with Gasteiger partial charge in [0.15, 0.2) is 5.82 Å². The van der Waals surface area contributed by atoms with E-state index in [0.29, 0.717) is 0 Å². The van der Waals surface area contributed by atoms with Crippen molar-refractivity contribution in [2.45, 2.75) is 24.3 Å². The van der Waals surface area contributed by atoms with Gasteiger partial charge in [0.05, 0.1) is 4.90 Å². The minimum Gasteiger partial charge on any atom is -0.310 e. The summed E-state index contributed by atoms with van der Waals surface area (Å²) in [6, 6.07) is 6.65. The van der Waals surface area contributed by atoms with E-state index in [1.165, 1.54) is 12.1 Å². The third kappa shape index (κ3) is 4.35. The van der Waals surface area contributed by atoms with Gasteiger partial charge in [-0.25, -0.2) is 18.5 Å². The van der Waals surface area contributed by atoms with Crippen molar-refractivity contribution in [3.63, 3.8) is 0 Å². The summed E-state index contributed by atoms with van der Waals surface area (Å²) in [5.74, 6) is 0.793. The Labute approximate surface area is 124 Å². The van der Waals surface area contributed by atoms with Crippen molar-refractivity contribution in [3.05, 3.63) is 42.0 Å². The predicted molar refractivity (Wildman–Crippen MR) is 78.9 cm³/mol. The molecule has 0 aliphatic carbocycles. The molecule has 0 aliphatic rings. The molecule has 0 saturated carbocycles. The van der Waals surface area contributed by atoms with Crippen LogP contribution < -0.4 is 10.5 Å². The molecule has 1 heterocycles. The SMILES string of the molecule is CC(NCCc1ncn(C)n1)c1ccc(S(N)(=O)=O)cc1. The van der Waals surface area contributed by atoms with E-state index in [4.69, 9.17) is 5.14 Å². The summed E-state index contributed by atoms with van der Waals surface area (Å²) in [6.07, 6.45) is 2.41. The van der Waals surface area contributed by atoms with Crippen molar-refractivity contribution in [3.8, 4) is 0 Å². The van der Waals surface area contributed by atoms with Crippen LogP contribution in [0, 0.1) is 0 Å². The first-order chi connectivity index (χ1) is 9.86. The minimum atomic E-state index is -3.64. The number of aromatic nitrogens is 3. The number of nitrogens with zero attached hydrogens (tertiary/aromatic N) is 3. The molecule has 2 rings (SSSR count). The molecule has 0 spiro atoms. The van der Waals surface area contributed by atoms with Gasteiger partial charge >= 0.3 is 0 Å². The van der Waals surface area contributed by atoms with Crippen LogP contribution in [-0.2, 0) is 23.5 Å². The number of hydrogen-bond donors (Lipinski definition) is 2. The van der Waals surface area contributed by atoms with Crippen LogP contribution in [-0.4, -0.2) is 29.7 Å². The lowest BCUT2D eigenvalue weighted by Crippen LogP contribution is -2.22. The third-order valence-electron chi connectivity index (χ3n) is 3.15. The standard InChI is InChI=1S/C13H19N5O2S/c1-10(15-8-7-13-16-9-18(2)17-13)11-3-5-12(6-4-11)21(14,19)20/h3-6,9-10,15H,7-8H2,1-2H3,(H2,14,19,20). The minimum absolute atomic E-state index is 0.100. The Morgan fingerprint density at radius 1 is 1.33 bits per heavy atom. The fourth-order valence-corrected chi connectivity index (χ4v) is 2.48. The fraction of sp³-hybridized carbons (Fsp3) is 0.385. The molecule has 8 heteroatoms. The van der Waals surface area contributed by atoms with Gasteiger partial charge in [-0.05, 0) is 24.6 Å². The number of aryl methyl sites for hydroxylation is 1. The Hall–Kier alpha value is -1.77. The average Bonchev–Trinajstić information content (AvgIpc) is 2.83. The molecule has 0 saturated heterocycles. The van der Waals surface area contributed by atoms with Gasteiger partial charge in [-0.1, -0.05) is 12.1 Å². The number of nitrogens with two attached hydrogens (primary N) is 1. The smallest absolute Gasteiger partial charge is 0.238 e. The van der Waals surface area contributed by atoms with E-state index >= 15 is 0 Å². The second kappa shape index (κ2) is 6.33. The fourth-order valence-electron chi connectivity index (χ4n) is 1.96. The van der Waals surface area contributed by atoms with Crippen LogP contribution in [0.2, 0.25) is 0 Å². The van der Waals surface area contributed by atoms with Crippen molar-refractivity contribution < 1.29 is 8.42 Å². The lowest BCUT2D eigenvalue weighted by molar-refractivity contribution is 0.567. The van der Waals surface area contributed by atoms with E-state index < -0.39 is 10.0 Å². The van der Waals surface area contributed by atoms with E-state index in [0.717, 1.165) is 24.4 Å². The van der Waals surface area contributed by atoms with E-state index in [1.54, 1.807) is 23.1 Å². The molecular formula is C13H19N5O2S. The zero-order chi connectivity index (χ0) is 15.5. The quantitative estimate of drug-likeness (QED) is 0.802. The second-order valence-electron chi connectivity index (χ2n) is 4.87. The maximum absolute atomic E-state index is 11.2. The van der Waals surface area contributed by atoms with Crippen LogP contribution in [0.3, 0.4) is 0 Å². The third-order valence-corrected chi connectivity index (χ3v) is 4.08. The number of primary sulfonamides is 1. The van der Waals surface area contributed by atoms with Gasteiger partial charge in [-0.3, -0.25) is 4.68 Å². The summed E-state index contributed by atoms with van der Waals surface area (Å²) >= 11 is 0. The van der Waals surface area contributed by atoms with E-state index in [2.05, 4.69) is 15.4 Å². The van der Waals surface area contributed by atoms with Crippen molar-refractivity contribution in [2.24, 2.45) is 12.2 Å². The first kappa shape index (κ1) is 15.6. The highest BCUT2D eigenvalue weighted by Crippen LogP contribution is 2.15. The zero-order valence-corrected chi connectivity index (χ0v) is 12.8. The number of nitrogens with one attached hydrogen (secondary N) is 1. The molecule has 1 unspecified atom stereocenters. The number of rotatable bonds is 6. The van der Waals surface area contributed by atoms with Gasteiger partial charge in [0.25, 0.3) is 0 Å². The Morgan fingerprint density at radius 3 is 2.52 bits per heavy atom. The predicted octanol–water partition coefficient (Wildman–Crippen LogP) is 0.356. The Morgan fingerprint density at radius 2 is 2.00 bits per heavy atom. The van der Waals surface area contributed by atoms with Gasteiger partial charge in [0, 0.05) is 26.1 Å². The molecule has 1 aromatic carbocycles. The van der Waals surface area contributed by atoms with Crippen LogP contribution in [0.4, 0.5) is 0 Å². The molecule has 1 aromatic heterocycles. The molecule has 2 aromatic rings. The average molecular weight is 309 g/mol. The maximum atomic E-state index is 11.2. The summed E-state index contributed by atoms with van der Waals surface area (Å²) in [5.41, 5.74) is 0.997. The highest BCUT2D eigenvalue weighted by atomic mass is 32.2.